The molecule has 12 nitrogen and oxygen atoms in total. The van der Waals surface area contributed by atoms with Crippen LogP contribution >= 0.6 is 23.2 Å². The lowest BCUT2D eigenvalue weighted by Crippen LogP contribution is -2.53. The maximum absolute atomic E-state index is 13.3. The van der Waals surface area contributed by atoms with Gasteiger partial charge in [0, 0.05) is 31.4 Å². The van der Waals surface area contributed by atoms with Crippen molar-refractivity contribution in [3.05, 3.63) is 62.9 Å². The number of amides is 2. The molecule has 0 bridgehead atoms. The van der Waals surface area contributed by atoms with E-state index in [1.165, 1.54) is 33.8 Å². The second kappa shape index (κ2) is 10.7. The number of nitrogens with two attached hydrogens (primary N) is 1. The minimum atomic E-state index is -0.894. The Bertz CT molecular complexity index is 1770. The van der Waals surface area contributed by atoms with Gasteiger partial charge in [-0.1, -0.05) is 23.2 Å². The first-order valence-corrected chi connectivity index (χ1v) is 13.3. The van der Waals surface area contributed by atoms with Gasteiger partial charge in [-0.3, -0.25) is 14.4 Å². The number of aromatic nitrogens is 4. The summed E-state index contributed by atoms with van der Waals surface area (Å²) >= 11 is 12.5. The number of hydrogen-bond donors (Lipinski definition) is 3. The first-order valence-electron chi connectivity index (χ1n) is 12.6. The predicted octanol–water partition coefficient (Wildman–Crippen LogP) is 3.16. The van der Waals surface area contributed by atoms with Gasteiger partial charge in [-0.25, -0.2) is 9.97 Å². The van der Waals surface area contributed by atoms with Crippen LogP contribution in [0.2, 0.25) is 10.0 Å². The molecule has 0 aliphatic carbocycles. The number of primary amides is 1. The van der Waals surface area contributed by atoms with E-state index in [0.29, 0.717) is 42.4 Å². The van der Waals surface area contributed by atoms with Crippen LogP contribution in [0.15, 0.2) is 41.7 Å². The number of benzene rings is 1. The van der Waals surface area contributed by atoms with Crippen LogP contribution in [0, 0.1) is 0 Å². The second-order valence-electron chi connectivity index (χ2n) is 10.3. The van der Waals surface area contributed by atoms with Crippen molar-refractivity contribution < 1.29 is 19.4 Å². The molecular weight excluding hydrogens is 573 g/mol. The van der Waals surface area contributed by atoms with E-state index in [0.717, 1.165) is 0 Å². The molecule has 1 aromatic carbocycles. The molecule has 0 unspecified atom stereocenters. The number of nitrogens with one attached hydrogen (secondary N) is 1. The molecule has 4 heterocycles. The van der Waals surface area contributed by atoms with Gasteiger partial charge in [0.1, 0.15) is 23.8 Å². The Morgan fingerprint density at radius 2 is 1.95 bits per heavy atom. The van der Waals surface area contributed by atoms with Crippen molar-refractivity contribution in [1.29, 1.82) is 0 Å². The highest BCUT2D eigenvalue weighted by Gasteiger charge is 2.32. The number of carbonyl (C=O) groups excluding carboxylic acids is 2. The van der Waals surface area contributed by atoms with Crippen molar-refractivity contribution in [3.63, 3.8) is 0 Å². The van der Waals surface area contributed by atoms with Gasteiger partial charge in [-0.2, -0.15) is 0 Å². The highest BCUT2D eigenvalue weighted by atomic mass is 35.5. The van der Waals surface area contributed by atoms with E-state index in [1.54, 1.807) is 19.3 Å². The highest BCUT2D eigenvalue weighted by Crippen LogP contribution is 2.36. The lowest BCUT2D eigenvalue weighted by molar-refractivity contribution is -0.116. The average Bonchev–Trinajstić information content (AvgIpc) is 3.27. The third-order valence-corrected chi connectivity index (χ3v) is 7.52. The summed E-state index contributed by atoms with van der Waals surface area (Å²) < 4.78 is 8.39. The molecule has 2 amide bonds. The number of pyridine rings is 1. The highest BCUT2D eigenvalue weighted by molar-refractivity contribution is 6.34. The van der Waals surface area contributed by atoms with Crippen molar-refractivity contribution in [1.82, 2.24) is 19.1 Å². The summed E-state index contributed by atoms with van der Waals surface area (Å²) in [6.45, 7) is 5.58. The SMILES string of the molecule is Cn1cnc2c(c(-c3cc(Cl)c(O)c(C(N)=O)c3)cn2CC(=O)Nc2cc(N3CCOCC3(C)C)ncc2Cl)c1=O. The van der Waals surface area contributed by atoms with E-state index in [4.69, 9.17) is 33.7 Å². The van der Waals surface area contributed by atoms with Crippen LogP contribution in [0.4, 0.5) is 11.5 Å². The molecular formula is C27H27Cl2N7O5. The van der Waals surface area contributed by atoms with Gasteiger partial charge >= 0.3 is 0 Å². The molecule has 1 aliphatic heterocycles. The third kappa shape index (κ3) is 5.33. The lowest BCUT2D eigenvalue weighted by Gasteiger charge is -2.43. The van der Waals surface area contributed by atoms with Crippen LogP contribution in [0.5, 0.6) is 5.75 Å². The fraction of sp³-hybridized carbons (Fsp3) is 0.296. The van der Waals surface area contributed by atoms with Gasteiger partial charge in [0.05, 0.1) is 58.0 Å². The van der Waals surface area contributed by atoms with E-state index in [-0.39, 0.29) is 44.3 Å². The number of ether oxygens (including phenoxy) is 1. The predicted molar refractivity (Wildman–Crippen MR) is 156 cm³/mol. The maximum Gasteiger partial charge on any atom is 0.263 e. The van der Waals surface area contributed by atoms with Crippen LogP contribution in [0.25, 0.3) is 22.2 Å². The Morgan fingerprint density at radius 1 is 1.20 bits per heavy atom. The van der Waals surface area contributed by atoms with Crippen LogP contribution < -0.4 is 21.5 Å². The molecule has 3 aromatic heterocycles. The minimum Gasteiger partial charge on any atom is -0.506 e. The number of aromatic hydroxyl groups is 1. The van der Waals surface area contributed by atoms with E-state index in [1.807, 2.05) is 13.8 Å². The van der Waals surface area contributed by atoms with Gasteiger partial charge in [0.15, 0.2) is 0 Å². The maximum atomic E-state index is 13.3. The number of aryl methyl sites for hydroxylation is 1. The molecule has 1 aliphatic rings. The standard InChI is InChI=1S/C27H27Cl2N7O5/c1-27(2)12-41-5-4-36(27)20-8-19(18(29)9-31-20)33-21(37)11-35-10-16(22-25(35)32-13-34(3)26(22)40)14-6-15(24(30)39)23(38)17(28)7-14/h6-10,13,38H,4-5,11-12H2,1-3H3,(H2,30,39)(H,31,33,37). The lowest BCUT2D eigenvalue weighted by atomic mass is 10.0. The number of hydrogen-bond acceptors (Lipinski definition) is 8. The molecule has 0 spiro atoms. The normalized spacial score (nSPS) is 14.8. The average molecular weight is 600 g/mol. The minimum absolute atomic E-state index is 0.123. The quantitative estimate of drug-likeness (QED) is 0.305. The first kappa shape index (κ1) is 28.4. The number of halogens is 2. The number of phenols is 1. The van der Waals surface area contributed by atoms with Crippen molar-refractivity contribution in [2.24, 2.45) is 12.8 Å². The van der Waals surface area contributed by atoms with E-state index in [2.05, 4.69) is 20.2 Å². The van der Waals surface area contributed by atoms with Crippen molar-refractivity contribution in [2.45, 2.75) is 25.9 Å². The number of fused-ring (bicyclic) bond motifs is 1. The van der Waals surface area contributed by atoms with Crippen LogP contribution in [0.1, 0.15) is 24.2 Å². The summed E-state index contributed by atoms with van der Waals surface area (Å²) in [6.07, 6.45) is 4.39. The molecule has 5 rings (SSSR count). The molecule has 0 atom stereocenters. The van der Waals surface area contributed by atoms with E-state index in [9.17, 15) is 19.5 Å². The zero-order valence-corrected chi connectivity index (χ0v) is 24.0. The molecule has 41 heavy (non-hydrogen) atoms. The van der Waals surface area contributed by atoms with Crippen LogP contribution in [-0.4, -0.2) is 61.3 Å². The number of carbonyl (C=O) groups is 2. The van der Waals surface area contributed by atoms with Gasteiger partial charge in [0.2, 0.25) is 5.91 Å². The zero-order chi connectivity index (χ0) is 29.6. The van der Waals surface area contributed by atoms with Gasteiger partial charge in [-0.15, -0.1) is 0 Å². The molecule has 4 N–H and O–H groups in total. The Morgan fingerprint density at radius 3 is 2.66 bits per heavy atom. The summed E-state index contributed by atoms with van der Waals surface area (Å²) in [7, 11) is 1.54. The largest absolute Gasteiger partial charge is 0.506 e. The summed E-state index contributed by atoms with van der Waals surface area (Å²) in [4.78, 5) is 49.2. The zero-order valence-electron chi connectivity index (χ0n) is 22.4. The molecule has 1 fully saturated rings. The van der Waals surface area contributed by atoms with E-state index < -0.39 is 17.6 Å². The Labute approximate surface area is 244 Å². The monoisotopic (exact) mass is 599 g/mol. The number of anilines is 2. The smallest absolute Gasteiger partial charge is 0.263 e. The Balaban J connectivity index is 1.51. The van der Waals surface area contributed by atoms with Crippen molar-refractivity contribution in [2.75, 3.05) is 30.0 Å². The van der Waals surface area contributed by atoms with Gasteiger partial charge in [0.25, 0.3) is 11.5 Å². The Kier molecular flexibility index (Phi) is 7.41. The number of rotatable bonds is 6. The van der Waals surface area contributed by atoms with Crippen molar-refractivity contribution in [3.8, 4) is 16.9 Å². The van der Waals surface area contributed by atoms with Crippen LogP contribution in [-0.2, 0) is 23.1 Å². The van der Waals surface area contributed by atoms with Crippen LogP contribution in [0.3, 0.4) is 0 Å². The topological polar surface area (TPSA) is 158 Å². The van der Waals surface area contributed by atoms with Gasteiger partial charge < -0.3 is 34.9 Å². The third-order valence-electron chi connectivity index (χ3n) is 6.93. The summed E-state index contributed by atoms with van der Waals surface area (Å²) in [5.41, 5.74) is 5.81. The molecule has 1 saturated heterocycles. The Hall–Kier alpha value is -4.13. The van der Waals surface area contributed by atoms with E-state index >= 15 is 0 Å². The molecule has 214 valence electrons. The summed E-state index contributed by atoms with van der Waals surface area (Å²) in [5.74, 6) is -1.15. The van der Waals surface area contributed by atoms with Gasteiger partial charge in [-0.05, 0) is 31.5 Å². The van der Waals surface area contributed by atoms with Crippen molar-refractivity contribution >= 4 is 57.6 Å². The summed E-state index contributed by atoms with van der Waals surface area (Å²) in [5, 5.41) is 13.3. The molecule has 4 aromatic rings. The molecule has 14 heteroatoms. The first-order chi connectivity index (χ1) is 19.4. The second-order valence-corrected chi connectivity index (χ2v) is 11.1. The number of nitrogens with zero attached hydrogens (tertiary/aromatic N) is 5. The fourth-order valence-corrected chi connectivity index (χ4v) is 5.22. The fourth-order valence-electron chi connectivity index (χ4n) is 4.85. The molecule has 0 radical (unpaired) electrons. The molecule has 0 saturated carbocycles. The number of morpholine rings is 1. The summed E-state index contributed by atoms with van der Waals surface area (Å²) in [6, 6.07) is 4.45.